The molecule has 3 heterocycles. The molecule has 9 heteroatoms. The van der Waals surface area contributed by atoms with E-state index in [2.05, 4.69) is 20.4 Å². The van der Waals surface area contributed by atoms with Gasteiger partial charge in [0.1, 0.15) is 5.82 Å². The molecule has 4 rings (SSSR count). The lowest BCUT2D eigenvalue weighted by Gasteiger charge is -2.36. The van der Waals surface area contributed by atoms with E-state index in [1.165, 1.54) is 6.07 Å². The van der Waals surface area contributed by atoms with Gasteiger partial charge in [-0.25, -0.2) is 9.07 Å². The minimum absolute atomic E-state index is 0.0353. The van der Waals surface area contributed by atoms with E-state index in [9.17, 15) is 9.18 Å². The number of likely N-dealkylation sites (tertiary alicyclic amines) is 1. The summed E-state index contributed by atoms with van der Waals surface area (Å²) in [6.07, 6.45) is 4.04. The topological polar surface area (TPSA) is 76.4 Å². The van der Waals surface area contributed by atoms with E-state index in [-0.39, 0.29) is 17.8 Å². The van der Waals surface area contributed by atoms with Crippen LogP contribution in [-0.4, -0.2) is 68.8 Å². The highest BCUT2D eigenvalue weighted by atomic mass is 19.1. The fourth-order valence-electron chi connectivity index (χ4n) is 4.28. The van der Waals surface area contributed by atoms with E-state index in [4.69, 9.17) is 4.74 Å². The van der Waals surface area contributed by atoms with Gasteiger partial charge in [-0.1, -0.05) is 12.1 Å². The van der Waals surface area contributed by atoms with Crippen LogP contribution < -0.4 is 0 Å². The lowest BCUT2D eigenvalue weighted by atomic mass is 9.94. The normalized spacial score (nSPS) is 20.4. The standard InChI is InChI=1S/C21H29FN6O2/c22-18-6-3-5-17(15-18)19-7-1-2-9-27(19)21(29)8-4-10-28-20(23-24-25-28)16-26-11-13-30-14-12-26/h3,5-6,15,19H,1-2,4,7-14,16H2/t19-/m1/s1. The molecule has 30 heavy (non-hydrogen) atoms. The van der Waals surface area contributed by atoms with Crippen LogP contribution in [0.15, 0.2) is 24.3 Å². The number of aromatic nitrogens is 4. The Hall–Kier alpha value is -2.39. The maximum absolute atomic E-state index is 13.7. The average molecular weight is 417 g/mol. The summed E-state index contributed by atoms with van der Waals surface area (Å²) in [5.41, 5.74) is 0.885. The van der Waals surface area contributed by atoms with Crippen LogP contribution in [0.3, 0.4) is 0 Å². The van der Waals surface area contributed by atoms with Crippen molar-refractivity contribution in [3.8, 4) is 0 Å². The summed E-state index contributed by atoms with van der Waals surface area (Å²) >= 11 is 0. The first kappa shape index (κ1) is 20.9. The highest BCUT2D eigenvalue weighted by Gasteiger charge is 2.28. The largest absolute Gasteiger partial charge is 0.379 e. The van der Waals surface area contributed by atoms with Crippen LogP contribution in [0.5, 0.6) is 0 Å². The smallest absolute Gasteiger partial charge is 0.223 e. The minimum atomic E-state index is -0.253. The molecule has 0 aliphatic carbocycles. The summed E-state index contributed by atoms with van der Waals surface area (Å²) in [5.74, 6) is 0.684. The fourth-order valence-corrected chi connectivity index (χ4v) is 4.28. The average Bonchev–Trinajstić information content (AvgIpc) is 3.21. The molecular weight excluding hydrogens is 387 g/mol. The first-order chi connectivity index (χ1) is 14.7. The lowest BCUT2D eigenvalue weighted by Crippen LogP contribution is -2.38. The first-order valence-corrected chi connectivity index (χ1v) is 10.8. The quantitative estimate of drug-likeness (QED) is 0.689. The molecule has 1 amide bonds. The Bertz CT molecular complexity index is 838. The predicted molar refractivity (Wildman–Crippen MR) is 108 cm³/mol. The van der Waals surface area contributed by atoms with Gasteiger partial charge < -0.3 is 9.64 Å². The maximum Gasteiger partial charge on any atom is 0.223 e. The van der Waals surface area contributed by atoms with Crippen molar-refractivity contribution in [1.82, 2.24) is 30.0 Å². The molecule has 2 saturated heterocycles. The minimum Gasteiger partial charge on any atom is -0.379 e. The van der Waals surface area contributed by atoms with Crippen molar-refractivity contribution >= 4 is 5.91 Å². The number of morpholine rings is 1. The maximum atomic E-state index is 13.7. The number of tetrazole rings is 1. The fraction of sp³-hybridized carbons (Fsp3) is 0.619. The number of ether oxygens (including phenoxy) is 1. The van der Waals surface area contributed by atoms with Crippen LogP contribution in [0.25, 0.3) is 0 Å². The summed E-state index contributed by atoms with van der Waals surface area (Å²) in [4.78, 5) is 17.1. The van der Waals surface area contributed by atoms with Crippen LogP contribution >= 0.6 is 0 Å². The number of hydrogen-bond donors (Lipinski definition) is 0. The van der Waals surface area contributed by atoms with Gasteiger partial charge in [0, 0.05) is 32.6 Å². The Kier molecular flexibility index (Phi) is 7.01. The van der Waals surface area contributed by atoms with Crippen LogP contribution in [0.1, 0.15) is 49.5 Å². The third-order valence-corrected chi connectivity index (χ3v) is 5.89. The van der Waals surface area contributed by atoms with Gasteiger partial charge in [0.25, 0.3) is 0 Å². The van der Waals surface area contributed by atoms with Gasteiger partial charge in [-0.05, 0) is 53.8 Å². The second-order valence-corrected chi connectivity index (χ2v) is 7.96. The molecule has 0 radical (unpaired) electrons. The number of carbonyl (C=O) groups is 1. The van der Waals surface area contributed by atoms with Gasteiger partial charge in [-0.3, -0.25) is 9.69 Å². The molecule has 8 nitrogen and oxygen atoms in total. The molecule has 1 atom stereocenters. The Morgan fingerprint density at radius 2 is 2.07 bits per heavy atom. The van der Waals surface area contributed by atoms with Crippen molar-refractivity contribution in [2.75, 3.05) is 32.8 Å². The molecule has 2 aliphatic heterocycles. The lowest BCUT2D eigenvalue weighted by molar-refractivity contribution is -0.135. The molecule has 2 fully saturated rings. The molecule has 2 aromatic rings. The molecule has 1 aromatic heterocycles. The second-order valence-electron chi connectivity index (χ2n) is 7.96. The number of piperidine rings is 1. The molecule has 0 N–H and O–H groups in total. The zero-order valence-electron chi connectivity index (χ0n) is 17.2. The van der Waals surface area contributed by atoms with Crippen LogP contribution in [-0.2, 0) is 22.6 Å². The Labute approximate surface area is 176 Å². The number of hydrogen-bond acceptors (Lipinski definition) is 6. The van der Waals surface area contributed by atoms with Crippen molar-refractivity contribution in [2.24, 2.45) is 0 Å². The van der Waals surface area contributed by atoms with Gasteiger partial charge >= 0.3 is 0 Å². The van der Waals surface area contributed by atoms with E-state index in [0.717, 1.165) is 63.5 Å². The van der Waals surface area contributed by atoms with E-state index >= 15 is 0 Å². The number of amides is 1. The molecule has 0 bridgehead atoms. The zero-order chi connectivity index (χ0) is 20.8. The van der Waals surface area contributed by atoms with Crippen LogP contribution in [0.2, 0.25) is 0 Å². The molecule has 0 unspecified atom stereocenters. The summed E-state index contributed by atoms with van der Waals surface area (Å²) in [6, 6.07) is 6.59. The van der Waals surface area contributed by atoms with Gasteiger partial charge in [0.15, 0.2) is 5.82 Å². The summed E-state index contributed by atoms with van der Waals surface area (Å²) in [7, 11) is 0. The third kappa shape index (κ3) is 5.20. The van der Waals surface area contributed by atoms with Crippen molar-refractivity contribution in [3.63, 3.8) is 0 Å². The molecule has 0 spiro atoms. The van der Waals surface area contributed by atoms with Crippen molar-refractivity contribution < 1.29 is 13.9 Å². The predicted octanol–water partition coefficient (Wildman–Crippen LogP) is 2.18. The van der Waals surface area contributed by atoms with E-state index in [1.54, 1.807) is 16.8 Å². The number of carbonyl (C=O) groups excluding carboxylic acids is 1. The summed E-state index contributed by atoms with van der Waals surface area (Å²) in [5, 5.41) is 12.1. The number of rotatable bonds is 7. The molecule has 162 valence electrons. The van der Waals surface area contributed by atoms with Crippen molar-refractivity contribution in [3.05, 3.63) is 41.5 Å². The molecular formula is C21H29FN6O2. The Balaban J connectivity index is 1.31. The zero-order valence-corrected chi connectivity index (χ0v) is 17.2. The SMILES string of the molecule is O=C(CCCn1nnnc1CN1CCOCC1)N1CCCC[C@@H]1c1cccc(F)c1. The van der Waals surface area contributed by atoms with Gasteiger partial charge in [0.05, 0.1) is 25.8 Å². The van der Waals surface area contributed by atoms with E-state index in [1.807, 2.05) is 11.0 Å². The van der Waals surface area contributed by atoms with Crippen LogP contribution in [0.4, 0.5) is 4.39 Å². The number of nitrogens with zero attached hydrogens (tertiary/aromatic N) is 6. The van der Waals surface area contributed by atoms with Crippen molar-refractivity contribution in [2.45, 2.75) is 51.2 Å². The van der Waals surface area contributed by atoms with Gasteiger partial charge in [0.2, 0.25) is 5.91 Å². The third-order valence-electron chi connectivity index (χ3n) is 5.89. The first-order valence-electron chi connectivity index (χ1n) is 10.8. The summed E-state index contributed by atoms with van der Waals surface area (Å²) < 4.78 is 20.9. The van der Waals surface area contributed by atoms with E-state index < -0.39 is 0 Å². The van der Waals surface area contributed by atoms with Gasteiger partial charge in [-0.15, -0.1) is 5.10 Å². The van der Waals surface area contributed by atoms with Gasteiger partial charge in [-0.2, -0.15) is 0 Å². The number of halogens is 1. The second kappa shape index (κ2) is 10.1. The van der Waals surface area contributed by atoms with Crippen molar-refractivity contribution in [1.29, 1.82) is 0 Å². The Morgan fingerprint density at radius 3 is 2.90 bits per heavy atom. The molecule has 2 aliphatic rings. The number of benzene rings is 1. The highest BCUT2D eigenvalue weighted by molar-refractivity contribution is 5.76. The number of aryl methyl sites for hydroxylation is 1. The van der Waals surface area contributed by atoms with Crippen LogP contribution in [0, 0.1) is 5.82 Å². The molecule has 1 aromatic carbocycles. The highest BCUT2D eigenvalue weighted by Crippen LogP contribution is 2.31. The summed E-state index contributed by atoms with van der Waals surface area (Å²) in [6.45, 7) is 5.25. The van der Waals surface area contributed by atoms with E-state index in [0.29, 0.717) is 25.9 Å². The molecule has 0 saturated carbocycles. The monoisotopic (exact) mass is 416 g/mol. The Morgan fingerprint density at radius 1 is 1.20 bits per heavy atom.